The van der Waals surface area contributed by atoms with E-state index >= 15 is 0 Å². The zero-order valence-electron chi connectivity index (χ0n) is 9.02. The molecular weight excluding hydrogens is 292 g/mol. The van der Waals surface area contributed by atoms with Crippen LogP contribution in [0.4, 0.5) is 5.13 Å². The van der Waals surface area contributed by atoms with Gasteiger partial charge >= 0.3 is 0 Å². The lowest BCUT2D eigenvalue weighted by atomic mass is 10.4. The molecule has 1 saturated heterocycles. The van der Waals surface area contributed by atoms with Gasteiger partial charge in [0.1, 0.15) is 0 Å². The second kappa shape index (κ2) is 5.09. The van der Waals surface area contributed by atoms with E-state index in [-0.39, 0.29) is 5.91 Å². The lowest BCUT2D eigenvalue weighted by Crippen LogP contribution is -2.37. The van der Waals surface area contributed by atoms with Crippen molar-refractivity contribution in [2.45, 2.75) is 12.8 Å². The first kappa shape index (κ1) is 11.8. The highest BCUT2D eigenvalue weighted by atomic mass is 79.9. The van der Waals surface area contributed by atoms with Gasteiger partial charge in [-0.3, -0.25) is 4.79 Å². The Morgan fingerprint density at radius 3 is 2.75 bits per heavy atom. The van der Waals surface area contributed by atoms with Crippen LogP contribution in [0.25, 0.3) is 0 Å². The first-order chi connectivity index (χ1) is 7.66. The summed E-state index contributed by atoms with van der Waals surface area (Å²) in [5.41, 5.74) is 0. The number of carbonyl (C=O) groups is 1. The van der Waals surface area contributed by atoms with Crippen LogP contribution in [0.2, 0.25) is 0 Å². The van der Waals surface area contributed by atoms with Crippen LogP contribution < -0.4 is 4.90 Å². The molecule has 0 atom stereocenters. The fraction of sp³-hybridized carbons (Fsp3) is 0.667. The van der Waals surface area contributed by atoms with Crippen molar-refractivity contribution in [3.8, 4) is 0 Å². The smallest absolute Gasteiger partial charge is 0.242 e. The van der Waals surface area contributed by atoms with E-state index in [1.165, 1.54) is 11.3 Å². The summed E-state index contributed by atoms with van der Waals surface area (Å²) in [6.45, 7) is 2.17. The maximum Gasteiger partial charge on any atom is 0.242 e. The highest BCUT2D eigenvalue weighted by Gasteiger charge is 2.20. The molecule has 0 unspecified atom stereocenters. The Hall–Kier alpha value is -0.690. The number of anilines is 1. The summed E-state index contributed by atoms with van der Waals surface area (Å²) in [7, 11) is 1.86. The van der Waals surface area contributed by atoms with Gasteiger partial charge in [0.05, 0.1) is 6.54 Å². The molecule has 1 fully saturated rings. The van der Waals surface area contributed by atoms with Gasteiger partial charge in [-0.2, -0.15) is 0 Å². The van der Waals surface area contributed by atoms with Crippen LogP contribution in [0.15, 0.2) is 3.92 Å². The first-order valence-electron chi connectivity index (χ1n) is 5.15. The van der Waals surface area contributed by atoms with E-state index in [1.54, 1.807) is 0 Å². The van der Waals surface area contributed by atoms with Crippen molar-refractivity contribution in [2.24, 2.45) is 0 Å². The Labute approximate surface area is 107 Å². The summed E-state index contributed by atoms with van der Waals surface area (Å²) in [5.74, 6) is 0.173. The van der Waals surface area contributed by atoms with Crippen molar-refractivity contribution in [1.82, 2.24) is 15.1 Å². The monoisotopic (exact) mass is 304 g/mol. The predicted octanol–water partition coefficient (Wildman–Crippen LogP) is 1.36. The van der Waals surface area contributed by atoms with Gasteiger partial charge in [0, 0.05) is 20.1 Å². The average Bonchev–Trinajstić information content (AvgIpc) is 2.87. The molecule has 0 bridgehead atoms. The molecule has 5 nitrogen and oxygen atoms in total. The minimum Gasteiger partial charge on any atom is -0.341 e. The molecule has 2 heterocycles. The van der Waals surface area contributed by atoms with Crippen molar-refractivity contribution < 1.29 is 4.79 Å². The van der Waals surface area contributed by atoms with Crippen molar-refractivity contribution >= 4 is 38.3 Å². The SMILES string of the molecule is CN(CC(=O)N1CCCC1)c1nnc(Br)s1. The number of rotatable bonds is 3. The molecule has 16 heavy (non-hydrogen) atoms. The molecule has 1 aromatic heterocycles. The van der Waals surface area contributed by atoms with Crippen LogP contribution in [-0.2, 0) is 4.79 Å². The molecule has 0 aromatic carbocycles. The van der Waals surface area contributed by atoms with Gasteiger partial charge in [0.15, 0.2) is 3.92 Å². The van der Waals surface area contributed by atoms with Crippen molar-refractivity contribution in [3.63, 3.8) is 0 Å². The second-order valence-electron chi connectivity index (χ2n) is 3.78. The van der Waals surface area contributed by atoms with Crippen LogP contribution in [0, 0.1) is 0 Å². The highest BCUT2D eigenvalue weighted by Crippen LogP contribution is 2.23. The van der Waals surface area contributed by atoms with Crippen molar-refractivity contribution in [3.05, 3.63) is 3.92 Å². The Balaban J connectivity index is 1.91. The molecule has 0 radical (unpaired) electrons. The van der Waals surface area contributed by atoms with Crippen LogP contribution in [0.1, 0.15) is 12.8 Å². The topological polar surface area (TPSA) is 49.3 Å². The molecule has 88 valence electrons. The van der Waals surface area contributed by atoms with Gasteiger partial charge in [-0.15, -0.1) is 10.2 Å². The molecule has 7 heteroatoms. The summed E-state index contributed by atoms with van der Waals surface area (Å²) in [6.07, 6.45) is 2.25. The molecule has 0 saturated carbocycles. The number of carbonyl (C=O) groups excluding carboxylic acids is 1. The van der Waals surface area contributed by atoms with Crippen LogP contribution in [0.3, 0.4) is 0 Å². The summed E-state index contributed by atoms with van der Waals surface area (Å²) in [6, 6.07) is 0. The van der Waals surface area contributed by atoms with E-state index in [9.17, 15) is 4.79 Å². The highest BCUT2D eigenvalue weighted by molar-refractivity contribution is 9.11. The van der Waals surface area contributed by atoms with E-state index < -0.39 is 0 Å². The molecule has 1 amide bonds. The first-order valence-corrected chi connectivity index (χ1v) is 6.75. The number of aromatic nitrogens is 2. The van der Waals surface area contributed by atoms with E-state index in [0.29, 0.717) is 6.54 Å². The largest absolute Gasteiger partial charge is 0.341 e. The third-order valence-corrected chi connectivity index (χ3v) is 4.02. The van der Waals surface area contributed by atoms with Crippen LogP contribution in [-0.4, -0.2) is 47.7 Å². The third kappa shape index (κ3) is 2.70. The number of likely N-dealkylation sites (tertiary alicyclic amines) is 1. The molecule has 1 aliphatic heterocycles. The van der Waals surface area contributed by atoms with Crippen LogP contribution in [0.5, 0.6) is 0 Å². The van der Waals surface area contributed by atoms with Gasteiger partial charge in [0.25, 0.3) is 0 Å². The lowest BCUT2D eigenvalue weighted by molar-refractivity contribution is -0.128. The van der Waals surface area contributed by atoms with Gasteiger partial charge in [-0.05, 0) is 28.8 Å². The summed E-state index contributed by atoms with van der Waals surface area (Å²) < 4.78 is 0.739. The quantitative estimate of drug-likeness (QED) is 0.846. The molecule has 2 rings (SSSR count). The normalized spacial score (nSPS) is 15.5. The molecule has 0 aliphatic carbocycles. The number of halogens is 1. The number of nitrogens with zero attached hydrogens (tertiary/aromatic N) is 4. The molecule has 1 aromatic rings. The molecule has 1 aliphatic rings. The number of hydrogen-bond donors (Lipinski definition) is 0. The second-order valence-corrected chi connectivity index (χ2v) is 6.01. The number of amides is 1. The average molecular weight is 305 g/mol. The Kier molecular flexibility index (Phi) is 3.75. The van der Waals surface area contributed by atoms with E-state index in [0.717, 1.165) is 35.0 Å². The third-order valence-electron chi connectivity index (χ3n) is 2.55. The zero-order valence-corrected chi connectivity index (χ0v) is 11.4. The van der Waals surface area contributed by atoms with Crippen molar-refractivity contribution in [1.29, 1.82) is 0 Å². The van der Waals surface area contributed by atoms with Crippen molar-refractivity contribution in [2.75, 3.05) is 31.6 Å². The summed E-state index contributed by atoms with van der Waals surface area (Å²) in [4.78, 5) is 15.6. The van der Waals surface area contributed by atoms with Gasteiger partial charge < -0.3 is 9.80 Å². The summed E-state index contributed by atoms with van der Waals surface area (Å²) in [5, 5.41) is 8.60. The maximum absolute atomic E-state index is 11.9. The van der Waals surface area contributed by atoms with Gasteiger partial charge in [0.2, 0.25) is 11.0 Å². The Morgan fingerprint density at radius 1 is 1.50 bits per heavy atom. The molecular formula is C9H13BrN4OS. The fourth-order valence-electron chi connectivity index (χ4n) is 1.69. The maximum atomic E-state index is 11.9. The summed E-state index contributed by atoms with van der Waals surface area (Å²) >= 11 is 4.69. The van der Waals surface area contributed by atoms with E-state index in [4.69, 9.17) is 0 Å². The predicted molar refractivity (Wildman–Crippen MR) is 66.7 cm³/mol. The van der Waals surface area contributed by atoms with Crippen LogP contribution >= 0.6 is 27.3 Å². The number of likely N-dealkylation sites (N-methyl/N-ethyl adjacent to an activating group) is 1. The minimum absolute atomic E-state index is 0.173. The number of hydrogen-bond acceptors (Lipinski definition) is 5. The minimum atomic E-state index is 0.173. The standard InChI is InChI=1S/C9H13BrN4OS/c1-13(9-12-11-8(10)16-9)6-7(15)14-4-2-3-5-14/h2-6H2,1H3. The lowest BCUT2D eigenvalue weighted by Gasteiger charge is -2.20. The fourth-order valence-corrected chi connectivity index (χ4v) is 2.74. The van der Waals surface area contributed by atoms with E-state index in [1.807, 2.05) is 16.8 Å². The molecule has 0 N–H and O–H groups in total. The van der Waals surface area contributed by atoms with Gasteiger partial charge in [-0.25, -0.2) is 0 Å². The Bertz CT molecular complexity index is 377. The Morgan fingerprint density at radius 2 is 2.19 bits per heavy atom. The molecule has 0 spiro atoms. The zero-order chi connectivity index (χ0) is 11.5. The van der Waals surface area contributed by atoms with E-state index in [2.05, 4.69) is 26.1 Å². The van der Waals surface area contributed by atoms with Gasteiger partial charge in [-0.1, -0.05) is 11.3 Å².